The molecular weight excluding hydrogens is 475 g/mol. The van der Waals surface area contributed by atoms with Gasteiger partial charge in [-0.05, 0) is 26.7 Å². The summed E-state index contributed by atoms with van der Waals surface area (Å²) >= 11 is 0. The van der Waals surface area contributed by atoms with Gasteiger partial charge in [0.15, 0.2) is 0 Å². The standard InChI is InChI=1S/C8H17ClO5S2.Cl2O4S2/c1-5-7(3,15(9,10)11)8(4,6-2)16(12,13)14;1-7(3,4)8(2,5)6/h5-6H2,1-4H3,(H,12,13,14);. The first-order valence-electron chi connectivity index (χ1n) is 5.93. The van der Waals surface area contributed by atoms with Crippen molar-refractivity contribution in [2.75, 3.05) is 0 Å². The molecule has 0 spiro atoms. The zero-order valence-electron chi connectivity index (χ0n) is 12.9. The molecule has 1 N–H and O–H groups in total. The smallest absolute Gasteiger partial charge is 0.285 e. The van der Waals surface area contributed by atoms with Gasteiger partial charge in [-0.3, -0.25) is 4.55 Å². The van der Waals surface area contributed by atoms with Crippen LogP contribution in [0.2, 0.25) is 0 Å². The highest BCUT2D eigenvalue weighted by molar-refractivity contribution is 8.83. The fourth-order valence-corrected chi connectivity index (χ4v) is 5.31. The van der Waals surface area contributed by atoms with Gasteiger partial charge in [0.05, 0.1) is 0 Å². The van der Waals surface area contributed by atoms with Crippen LogP contribution in [0, 0.1) is 0 Å². The largest absolute Gasteiger partial charge is 0.351 e. The first-order valence-corrected chi connectivity index (χ1v) is 14.8. The van der Waals surface area contributed by atoms with E-state index < -0.39 is 44.8 Å². The van der Waals surface area contributed by atoms with E-state index in [1.807, 2.05) is 0 Å². The molecule has 0 fully saturated rings. The molecule has 2 unspecified atom stereocenters. The summed E-state index contributed by atoms with van der Waals surface area (Å²) in [6, 6.07) is 0. The fraction of sp³-hybridized carbons (Fsp3) is 1.00. The van der Waals surface area contributed by atoms with E-state index in [9.17, 15) is 38.2 Å². The molecule has 148 valence electrons. The average Bonchev–Trinajstić information content (AvgIpc) is 2.32. The third-order valence-corrected chi connectivity index (χ3v) is 14.1. The maximum absolute atomic E-state index is 11.5. The molecule has 0 bridgehead atoms. The monoisotopic (exact) mass is 490 g/mol. The van der Waals surface area contributed by atoms with Crippen LogP contribution in [0.4, 0.5) is 0 Å². The summed E-state index contributed by atoms with van der Waals surface area (Å²) in [5.74, 6) is 0. The van der Waals surface area contributed by atoms with Gasteiger partial charge in [-0.25, -0.2) is 8.42 Å². The van der Waals surface area contributed by atoms with Crippen molar-refractivity contribution < 1.29 is 38.2 Å². The van der Waals surface area contributed by atoms with E-state index in [0.717, 1.165) is 0 Å². The molecular formula is C8H17Cl3O9S4. The first kappa shape index (κ1) is 26.9. The minimum Gasteiger partial charge on any atom is -0.285 e. The van der Waals surface area contributed by atoms with Crippen molar-refractivity contribution in [2.24, 2.45) is 0 Å². The molecule has 0 saturated carbocycles. The quantitative estimate of drug-likeness (QED) is 0.332. The summed E-state index contributed by atoms with van der Waals surface area (Å²) in [4.78, 5) is 0. The Kier molecular flexibility index (Phi) is 9.07. The molecule has 0 radical (unpaired) electrons. The van der Waals surface area contributed by atoms with Gasteiger partial charge in [0.2, 0.25) is 9.05 Å². The minimum absolute atomic E-state index is 0.0109. The first-order chi connectivity index (χ1) is 10.1. The van der Waals surface area contributed by atoms with Gasteiger partial charge >= 0.3 is 16.2 Å². The van der Waals surface area contributed by atoms with Crippen molar-refractivity contribution >= 4 is 67.4 Å². The van der Waals surface area contributed by atoms with E-state index in [2.05, 4.69) is 21.4 Å². The molecule has 0 saturated heterocycles. The van der Waals surface area contributed by atoms with Gasteiger partial charge in [0.25, 0.3) is 10.1 Å². The predicted molar refractivity (Wildman–Crippen MR) is 93.3 cm³/mol. The lowest BCUT2D eigenvalue weighted by atomic mass is 9.89. The van der Waals surface area contributed by atoms with E-state index in [1.54, 1.807) is 0 Å². The van der Waals surface area contributed by atoms with Crippen molar-refractivity contribution in [1.29, 1.82) is 0 Å². The highest BCUT2D eigenvalue weighted by atomic mass is 35.8. The van der Waals surface area contributed by atoms with Crippen LogP contribution >= 0.6 is 32.0 Å². The van der Waals surface area contributed by atoms with Crippen molar-refractivity contribution in [1.82, 2.24) is 0 Å². The van der Waals surface area contributed by atoms with Crippen molar-refractivity contribution in [3.8, 4) is 0 Å². The van der Waals surface area contributed by atoms with Crippen LogP contribution in [0.15, 0.2) is 0 Å². The van der Waals surface area contributed by atoms with Gasteiger partial charge in [0, 0.05) is 32.0 Å². The Balaban J connectivity index is 0. The highest BCUT2D eigenvalue weighted by Crippen LogP contribution is 2.42. The second-order valence-electron chi connectivity index (χ2n) is 4.87. The molecule has 0 aromatic heterocycles. The van der Waals surface area contributed by atoms with Crippen LogP contribution in [-0.2, 0) is 35.3 Å². The summed E-state index contributed by atoms with van der Waals surface area (Å²) in [5, 5.41) is 0. The lowest BCUT2D eigenvalue weighted by Gasteiger charge is -2.40. The molecule has 0 aliphatic carbocycles. The van der Waals surface area contributed by atoms with Gasteiger partial charge in [-0.2, -0.15) is 25.3 Å². The highest BCUT2D eigenvalue weighted by Gasteiger charge is 2.58. The zero-order chi connectivity index (χ0) is 20.4. The number of hydrogen-bond donors (Lipinski definition) is 1. The molecule has 2 atom stereocenters. The van der Waals surface area contributed by atoms with Crippen LogP contribution in [0.1, 0.15) is 40.5 Å². The third-order valence-electron chi connectivity index (χ3n) is 3.81. The zero-order valence-corrected chi connectivity index (χ0v) is 18.4. The Morgan fingerprint density at radius 1 is 0.708 bits per heavy atom. The summed E-state index contributed by atoms with van der Waals surface area (Å²) in [5.41, 5.74) is 0. The van der Waals surface area contributed by atoms with Crippen LogP contribution < -0.4 is 0 Å². The second kappa shape index (κ2) is 8.11. The molecule has 0 aromatic carbocycles. The number of halogens is 3. The van der Waals surface area contributed by atoms with Gasteiger partial charge in [0.1, 0.15) is 9.49 Å². The fourth-order valence-electron chi connectivity index (χ4n) is 1.63. The van der Waals surface area contributed by atoms with Crippen LogP contribution in [0.3, 0.4) is 0 Å². The predicted octanol–water partition coefficient (Wildman–Crippen LogP) is 1.82. The third kappa shape index (κ3) is 5.83. The number of hydrogen-bond acceptors (Lipinski definition) is 8. The Morgan fingerprint density at radius 2 is 0.958 bits per heavy atom. The molecule has 0 aliphatic heterocycles. The number of rotatable bonds is 6. The average molecular weight is 492 g/mol. The summed E-state index contributed by atoms with van der Waals surface area (Å²) in [7, 11) is -4.10. The molecule has 0 amide bonds. The Bertz CT molecular complexity index is 786. The van der Waals surface area contributed by atoms with Crippen LogP contribution in [-0.4, -0.2) is 47.7 Å². The molecule has 0 heterocycles. The van der Waals surface area contributed by atoms with E-state index >= 15 is 0 Å². The maximum Gasteiger partial charge on any atom is 0.351 e. The summed E-state index contributed by atoms with van der Waals surface area (Å²) in [6.07, 6.45) is -0.0644. The van der Waals surface area contributed by atoms with Gasteiger partial charge in [-0.15, -0.1) is 0 Å². The van der Waals surface area contributed by atoms with Crippen LogP contribution in [0.25, 0.3) is 0 Å². The lowest BCUT2D eigenvalue weighted by Crippen LogP contribution is -2.57. The van der Waals surface area contributed by atoms with E-state index in [0.29, 0.717) is 0 Å². The Labute approximate surface area is 155 Å². The van der Waals surface area contributed by atoms with Gasteiger partial charge < -0.3 is 0 Å². The molecule has 16 heteroatoms. The van der Waals surface area contributed by atoms with E-state index in [1.165, 1.54) is 27.7 Å². The van der Waals surface area contributed by atoms with Crippen molar-refractivity contribution in [2.45, 2.75) is 50.0 Å². The Morgan fingerprint density at radius 3 is 1.00 bits per heavy atom. The van der Waals surface area contributed by atoms with Gasteiger partial charge in [-0.1, -0.05) is 13.8 Å². The van der Waals surface area contributed by atoms with E-state index in [-0.39, 0.29) is 12.8 Å². The van der Waals surface area contributed by atoms with E-state index in [4.69, 9.17) is 10.7 Å². The topological polar surface area (TPSA) is 157 Å². The molecule has 0 aliphatic rings. The second-order valence-corrected chi connectivity index (χ2v) is 17.5. The normalized spacial score (nSPS) is 18.7. The SMILES string of the molecule is CCC(C)(C(C)(CC)S(=O)(=O)Cl)S(=O)(=O)O.O=S(=O)(Cl)S(=O)(=O)Cl. The summed E-state index contributed by atoms with van der Waals surface area (Å²) in [6.45, 7) is 5.42. The lowest BCUT2D eigenvalue weighted by molar-refractivity contribution is 0.357. The Hall–Kier alpha value is 0.630. The van der Waals surface area contributed by atoms with Crippen molar-refractivity contribution in [3.63, 3.8) is 0 Å². The molecule has 0 rings (SSSR count). The van der Waals surface area contributed by atoms with Crippen molar-refractivity contribution in [3.05, 3.63) is 0 Å². The molecule has 24 heavy (non-hydrogen) atoms. The molecule has 9 nitrogen and oxygen atoms in total. The van der Waals surface area contributed by atoms with Crippen LogP contribution in [0.5, 0.6) is 0 Å². The summed E-state index contributed by atoms with van der Waals surface area (Å²) < 4.78 is 90.2. The minimum atomic E-state index is -4.63. The maximum atomic E-state index is 11.5. The molecule has 0 aromatic rings.